The summed E-state index contributed by atoms with van der Waals surface area (Å²) in [6, 6.07) is 15.0. The minimum Gasteiger partial charge on any atom is -0.493 e. The minimum absolute atomic E-state index is 0.0327. The van der Waals surface area contributed by atoms with Gasteiger partial charge < -0.3 is 14.2 Å². The van der Waals surface area contributed by atoms with Gasteiger partial charge in [0.1, 0.15) is 23.2 Å². The molecular formula is C20H20O4. The predicted molar refractivity (Wildman–Crippen MR) is 92.4 cm³/mol. The van der Waals surface area contributed by atoms with Crippen molar-refractivity contribution in [2.75, 3.05) is 13.2 Å². The van der Waals surface area contributed by atoms with Gasteiger partial charge in [0.25, 0.3) is 0 Å². The standard InChI is InChI=1S/C20H20O4/c1-2-22-20(21)17-8-4-6-10-19(17)23-14-13-16-12-11-15-7-3-5-9-18(15)24-16/h3-12,16H,2,13-14H2,1H3. The highest BCUT2D eigenvalue weighted by Crippen LogP contribution is 2.26. The second-order valence-corrected chi connectivity index (χ2v) is 5.41. The Morgan fingerprint density at radius 2 is 1.92 bits per heavy atom. The van der Waals surface area contributed by atoms with Crippen LogP contribution in [0.15, 0.2) is 54.6 Å². The maximum Gasteiger partial charge on any atom is 0.341 e. The Hall–Kier alpha value is -2.75. The van der Waals surface area contributed by atoms with Gasteiger partial charge in [-0.15, -0.1) is 0 Å². The summed E-state index contributed by atoms with van der Waals surface area (Å²) in [5.74, 6) is 1.06. The van der Waals surface area contributed by atoms with Crippen LogP contribution in [-0.2, 0) is 4.74 Å². The third-order valence-corrected chi connectivity index (χ3v) is 3.73. The average molecular weight is 324 g/mol. The lowest BCUT2D eigenvalue weighted by molar-refractivity contribution is 0.0521. The Morgan fingerprint density at radius 1 is 1.12 bits per heavy atom. The van der Waals surface area contributed by atoms with Crippen LogP contribution >= 0.6 is 0 Å². The molecule has 0 N–H and O–H groups in total. The van der Waals surface area contributed by atoms with Gasteiger partial charge in [0.15, 0.2) is 0 Å². The van der Waals surface area contributed by atoms with Crippen LogP contribution in [0.3, 0.4) is 0 Å². The zero-order chi connectivity index (χ0) is 16.8. The molecule has 1 heterocycles. The van der Waals surface area contributed by atoms with Crippen LogP contribution in [0.25, 0.3) is 6.08 Å². The Kier molecular flexibility index (Phi) is 5.16. The molecule has 1 aliphatic rings. The highest BCUT2D eigenvalue weighted by Gasteiger charge is 2.16. The van der Waals surface area contributed by atoms with Crippen molar-refractivity contribution in [2.24, 2.45) is 0 Å². The third-order valence-electron chi connectivity index (χ3n) is 3.73. The summed E-state index contributed by atoms with van der Waals surface area (Å²) in [5, 5.41) is 0. The smallest absolute Gasteiger partial charge is 0.341 e. The van der Waals surface area contributed by atoms with Crippen molar-refractivity contribution in [2.45, 2.75) is 19.4 Å². The molecule has 124 valence electrons. The summed E-state index contributed by atoms with van der Waals surface area (Å²) in [6.45, 7) is 2.58. The number of carbonyl (C=O) groups is 1. The number of hydrogen-bond donors (Lipinski definition) is 0. The largest absolute Gasteiger partial charge is 0.493 e. The van der Waals surface area contributed by atoms with Gasteiger partial charge in [-0.1, -0.05) is 36.4 Å². The first-order valence-electron chi connectivity index (χ1n) is 8.10. The van der Waals surface area contributed by atoms with E-state index in [1.54, 1.807) is 25.1 Å². The Labute approximate surface area is 141 Å². The van der Waals surface area contributed by atoms with E-state index < -0.39 is 0 Å². The van der Waals surface area contributed by atoms with Gasteiger partial charge in [-0.2, -0.15) is 0 Å². The SMILES string of the molecule is CCOC(=O)c1ccccc1OCCC1C=Cc2ccccc2O1. The second-order valence-electron chi connectivity index (χ2n) is 5.41. The maximum atomic E-state index is 11.9. The summed E-state index contributed by atoms with van der Waals surface area (Å²) >= 11 is 0. The Morgan fingerprint density at radius 3 is 2.79 bits per heavy atom. The molecule has 3 rings (SSSR count). The molecule has 1 atom stereocenters. The number of carbonyl (C=O) groups excluding carboxylic acids is 1. The maximum absolute atomic E-state index is 11.9. The highest BCUT2D eigenvalue weighted by atomic mass is 16.5. The summed E-state index contributed by atoms with van der Waals surface area (Å²) in [5.41, 5.74) is 1.53. The quantitative estimate of drug-likeness (QED) is 0.750. The van der Waals surface area contributed by atoms with Crippen LogP contribution < -0.4 is 9.47 Å². The van der Waals surface area contributed by atoms with Gasteiger partial charge >= 0.3 is 5.97 Å². The van der Waals surface area contributed by atoms with Crippen LogP contribution in [0.1, 0.15) is 29.3 Å². The van der Waals surface area contributed by atoms with Crippen LogP contribution in [0.4, 0.5) is 0 Å². The normalized spacial score (nSPS) is 15.3. The molecule has 0 fully saturated rings. The lowest BCUT2D eigenvalue weighted by Gasteiger charge is -2.21. The molecule has 4 heteroatoms. The van der Waals surface area contributed by atoms with Gasteiger partial charge in [0, 0.05) is 12.0 Å². The second kappa shape index (κ2) is 7.68. The Bertz CT molecular complexity index is 736. The first-order valence-corrected chi connectivity index (χ1v) is 8.10. The molecule has 0 radical (unpaired) electrons. The lowest BCUT2D eigenvalue weighted by atomic mass is 10.1. The van der Waals surface area contributed by atoms with Gasteiger partial charge in [-0.3, -0.25) is 0 Å². The lowest BCUT2D eigenvalue weighted by Crippen LogP contribution is -2.20. The number of fused-ring (bicyclic) bond motifs is 1. The third kappa shape index (κ3) is 3.77. The zero-order valence-electron chi connectivity index (χ0n) is 13.6. The van der Waals surface area contributed by atoms with Gasteiger partial charge in [0.2, 0.25) is 0 Å². The number of hydrogen-bond acceptors (Lipinski definition) is 4. The van der Waals surface area contributed by atoms with Crippen LogP contribution in [0.2, 0.25) is 0 Å². The van der Waals surface area contributed by atoms with E-state index in [1.807, 2.05) is 36.4 Å². The molecule has 4 nitrogen and oxygen atoms in total. The van der Waals surface area contributed by atoms with E-state index >= 15 is 0 Å². The minimum atomic E-state index is -0.365. The van der Waals surface area contributed by atoms with E-state index in [-0.39, 0.29) is 12.1 Å². The number of esters is 1. The number of ether oxygens (including phenoxy) is 3. The molecule has 0 amide bonds. The molecule has 0 spiro atoms. The van der Waals surface area contributed by atoms with Gasteiger partial charge in [-0.05, 0) is 31.2 Å². The average Bonchev–Trinajstić information content (AvgIpc) is 2.62. The molecule has 1 aliphatic heterocycles. The van der Waals surface area contributed by atoms with Crippen molar-refractivity contribution in [1.82, 2.24) is 0 Å². The van der Waals surface area contributed by atoms with Crippen molar-refractivity contribution in [3.05, 3.63) is 65.7 Å². The molecule has 1 unspecified atom stereocenters. The van der Waals surface area contributed by atoms with E-state index in [1.165, 1.54) is 0 Å². The van der Waals surface area contributed by atoms with Crippen molar-refractivity contribution in [3.63, 3.8) is 0 Å². The zero-order valence-corrected chi connectivity index (χ0v) is 13.6. The molecule has 0 bridgehead atoms. The predicted octanol–water partition coefficient (Wildman–Crippen LogP) is 4.11. The van der Waals surface area contributed by atoms with Crippen molar-refractivity contribution < 1.29 is 19.0 Å². The fourth-order valence-corrected chi connectivity index (χ4v) is 2.55. The molecule has 0 saturated heterocycles. The fraction of sp³-hybridized carbons (Fsp3) is 0.250. The number of rotatable bonds is 6. The van der Waals surface area contributed by atoms with Crippen LogP contribution in [0.5, 0.6) is 11.5 Å². The topological polar surface area (TPSA) is 44.8 Å². The first-order chi connectivity index (χ1) is 11.8. The summed E-state index contributed by atoms with van der Waals surface area (Å²) in [7, 11) is 0. The van der Waals surface area contributed by atoms with Crippen LogP contribution in [0, 0.1) is 0 Å². The Balaban J connectivity index is 1.57. The van der Waals surface area contributed by atoms with E-state index in [4.69, 9.17) is 14.2 Å². The summed E-state index contributed by atoms with van der Waals surface area (Å²) in [4.78, 5) is 11.9. The molecule has 0 saturated carbocycles. The molecular weight excluding hydrogens is 304 g/mol. The van der Waals surface area contributed by atoms with E-state index in [0.29, 0.717) is 30.9 Å². The van der Waals surface area contributed by atoms with Crippen LogP contribution in [-0.4, -0.2) is 25.3 Å². The molecule has 2 aromatic rings. The fourth-order valence-electron chi connectivity index (χ4n) is 2.55. The van der Waals surface area contributed by atoms with E-state index in [0.717, 1.165) is 11.3 Å². The van der Waals surface area contributed by atoms with Crippen molar-refractivity contribution >= 4 is 12.0 Å². The van der Waals surface area contributed by atoms with E-state index in [9.17, 15) is 4.79 Å². The number of para-hydroxylation sites is 2. The monoisotopic (exact) mass is 324 g/mol. The van der Waals surface area contributed by atoms with Crippen molar-refractivity contribution in [3.8, 4) is 11.5 Å². The highest BCUT2D eigenvalue weighted by molar-refractivity contribution is 5.92. The van der Waals surface area contributed by atoms with E-state index in [2.05, 4.69) is 6.08 Å². The molecule has 2 aromatic carbocycles. The first kappa shape index (κ1) is 16.1. The molecule has 24 heavy (non-hydrogen) atoms. The van der Waals surface area contributed by atoms with Crippen molar-refractivity contribution in [1.29, 1.82) is 0 Å². The van der Waals surface area contributed by atoms with Gasteiger partial charge in [0.05, 0.1) is 13.2 Å². The van der Waals surface area contributed by atoms with Gasteiger partial charge in [-0.25, -0.2) is 4.79 Å². The summed E-state index contributed by atoms with van der Waals surface area (Å²) < 4.78 is 16.8. The molecule has 0 aliphatic carbocycles. The number of benzene rings is 2. The molecule has 0 aromatic heterocycles. The summed E-state index contributed by atoms with van der Waals surface area (Å²) in [6.07, 6.45) is 4.76.